The van der Waals surface area contributed by atoms with Crippen LogP contribution >= 0.6 is 0 Å². The molecule has 0 bridgehead atoms. The smallest absolute Gasteiger partial charge is 0.254 e. The summed E-state index contributed by atoms with van der Waals surface area (Å²) in [6.07, 6.45) is 2.16. The van der Waals surface area contributed by atoms with Crippen molar-refractivity contribution in [1.29, 1.82) is 0 Å². The van der Waals surface area contributed by atoms with Crippen molar-refractivity contribution in [2.24, 2.45) is 0 Å². The summed E-state index contributed by atoms with van der Waals surface area (Å²) in [7, 11) is 0. The van der Waals surface area contributed by atoms with Crippen molar-refractivity contribution < 1.29 is 9.53 Å². The Morgan fingerprint density at radius 2 is 1.83 bits per heavy atom. The van der Waals surface area contributed by atoms with E-state index in [-0.39, 0.29) is 5.91 Å². The topological polar surface area (TPSA) is 47.4 Å². The number of ether oxygens (including phenoxy) is 1. The Morgan fingerprint density at radius 1 is 1.17 bits per heavy atom. The van der Waals surface area contributed by atoms with Crippen LogP contribution < -0.4 is 0 Å². The number of morpholine rings is 1. The molecule has 5 nitrogen and oxygen atoms in total. The highest BCUT2D eigenvalue weighted by atomic mass is 16.5. The second kappa shape index (κ2) is 7.18. The average molecular weight is 327 g/mol. The van der Waals surface area contributed by atoms with E-state index in [1.54, 1.807) is 0 Å². The molecule has 0 unspecified atom stereocenters. The summed E-state index contributed by atoms with van der Waals surface area (Å²) in [5, 5.41) is 4.67. The lowest BCUT2D eigenvalue weighted by molar-refractivity contribution is 0.0303. The van der Waals surface area contributed by atoms with Crippen molar-refractivity contribution >= 4 is 5.91 Å². The van der Waals surface area contributed by atoms with Crippen molar-refractivity contribution in [3.63, 3.8) is 0 Å². The highest BCUT2D eigenvalue weighted by Gasteiger charge is 2.19. The number of aryl methyl sites for hydroxylation is 1. The van der Waals surface area contributed by atoms with Crippen molar-refractivity contribution in [2.45, 2.75) is 33.6 Å². The van der Waals surface area contributed by atoms with Crippen molar-refractivity contribution in [2.75, 3.05) is 26.3 Å². The molecule has 1 aliphatic rings. The third-order valence-corrected chi connectivity index (χ3v) is 4.60. The molecule has 128 valence electrons. The lowest BCUT2D eigenvalue weighted by atomic mass is 10.1. The number of nitrogens with zero attached hydrogens (tertiary/aromatic N) is 3. The van der Waals surface area contributed by atoms with Gasteiger partial charge in [0.1, 0.15) is 0 Å². The van der Waals surface area contributed by atoms with Gasteiger partial charge >= 0.3 is 0 Å². The summed E-state index contributed by atoms with van der Waals surface area (Å²) in [6, 6.07) is 7.73. The van der Waals surface area contributed by atoms with Crippen LogP contribution in [0.2, 0.25) is 0 Å². The molecule has 2 heterocycles. The molecule has 24 heavy (non-hydrogen) atoms. The molecule has 0 saturated carbocycles. The van der Waals surface area contributed by atoms with Gasteiger partial charge in [0.05, 0.1) is 24.6 Å². The quantitative estimate of drug-likeness (QED) is 0.867. The van der Waals surface area contributed by atoms with E-state index in [9.17, 15) is 4.79 Å². The second-order valence-electron chi connectivity index (χ2n) is 6.26. The maximum absolute atomic E-state index is 12.5. The number of carbonyl (C=O) groups excluding carboxylic acids is 1. The van der Waals surface area contributed by atoms with E-state index < -0.39 is 0 Å². The molecule has 1 aromatic carbocycles. The van der Waals surface area contributed by atoms with E-state index in [4.69, 9.17) is 4.74 Å². The maximum Gasteiger partial charge on any atom is 0.254 e. The fourth-order valence-electron chi connectivity index (χ4n) is 3.23. The van der Waals surface area contributed by atoms with Gasteiger partial charge in [-0.25, -0.2) is 4.68 Å². The number of carbonyl (C=O) groups is 1. The first-order chi connectivity index (χ1) is 11.6. The van der Waals surface area contributed by atoms with Crippen molar-refractivity contribution in [1.82, 2.24) is 14.7 Å². The average Bonchev–Trinajstić information content (AvgIpc) is 2.90. The zero-order chi connectivity index (χ0) is 17.1. The van der Waals surface area contributed by atoms with Crippen LogP contribution in [0.5, 0.6) is 0 Å². The SMILES string of the molecule is CCCc1c(C)nn(-c2ccc(C(=O)N3CCOCC3)cc2)c1C. The van der Waals surface area contributed by atoms with E-state index in [1.165, 1.54) is 11.3 Å². The first-order valence-corrected chi connectivity index (χ1v) is 8.64. The van der Waals surface area contributed by atoms with Crippen LogP contribution in [0.4, 0.5) is 0 Å². The number of aromatic nitrogens is 2. The zero-order valence-electron chi connectivity index (χ0n) is 14.7. The van der Waals surface area contributed by atoms with E-state index in [0.29, 0.717) is 26.3 Å². The highest BCUT2D eigenvalue weighted by molar-refractivity contribution is 5.94. The molecule has 0 radical (unpaired) electrons. The Kier molecular flexibility index (Phi) is 5.00. The molecule has 0 aliphatic carbocycles. The third-order valence-electron chi connectivity index (χ3n) is 4.60. The molecule has 1 aromatic heterocycles. The number of hydrogen-bond donors (Lipinski definition) is 0. The standard InChI is InChI=1S/C19H25N3O2/c1-4-5-18-14(2)20-22(15(18)3)17-8-6-16(7-9-17)19(23)21-10-12-24-13-11-21/h6-9H,4-5,10-13H2,1-3H3. The van der Waals surface area contributed by atoms with E-state index >= 15 is 0 Å². The molecular formula is C19H25N3O2. The monoisotopic (exact) mass is 327 g/mol. The number of rotatable bonds is 4. The molecule has 0 N–H and O–H groups in total. The lowest BCUT2D eigenvalue weighted by Gasteiger charge is -2.26. The van der Waals surface area contributed by atoms with Gasteiger partial charge < -0.3 is 9.64 Å². The van der Waals surface area contributed by atoms with Crippen LogP contribution in [0.3, 0.4) is 0 Å². The maximum atomic E-state index is 12.5. The van der Waals surface area contributed by atoms with Gasteiger partial charge in [-0.2, -0.15) is 5.10 Å². The van der Waals surface area contributed by atoms with Crippen molar-refractivity contribution in [3.8, 4) is 5.69 Å². The Hall–Kier alpha value is -2.14. The summed E-state index contributed by atoms with van der Waals surface area (Å²) in [4.78, 5) is 14.4. The van der Waals surface area contributed by atoms with Crippen LogP contribution in [0.15, 0.2) is 24.3 Å². The molecule has 0 spiro atoms. The zero-order valence-corrected chi connectivity index (χ0v) is 14.7. The second-order valence-corrected chi connectivity index (χ2v) is 6.26. The van der Waals surface area contributed by atoms with Crippen LogP contribution in [0.25, 0.3) is 5.69 Å². The number of benzene rings is 1. The third kappa shape index (κ3) is 3.22. The number of hydrogen-bond acceptors (Lipinski definition) is 3. The summed E-state index contributed by atoms with van der Waals surface area (Å²) in [6.45, 7) is 8.92. The molecule has 1 amide bonds. The normalized spacial score (nSPS) is 14.9. The molecule has 3 rings (SSSR count). The minimum Gasteiger partial charge on any atom is -0.378 e. The Bertz CT molecular complexity index is 713. The molecule has 1 fully saturated rings. The summed E-state index contributed by atoms with van der Waals surface area (Å²) in [5.41, 5.74) is 5.31. The minimum atomic E-state index is 0.0740. The van der Waals surface area contributed by atoms with Gasteiger partial charge in [0.15, 0.2) is 0 Å². The van der Waals surface area contributed by atoms with Crippen LogP contribution in [0.1, 0.15) is 40.7 Å². The fourth-order valence-corrected chi connectivity index (χ4v) is 3.23. The molecule has 2 aromatic rings. The predicted molar refractivity (Wildman–Crippen MR) is 93.8 cm³/mol. The summed E-state index contributed by atoms with van der Waals surface area (Å²) in [5.74, 6) is 0.0740. The van der Waals surface area contributed by atoms with E-state index in [2.05, 4.69) is 25.9 Å². The Balaban J connectivity index is 1.82. The van der Waals surface area contributed by atoms with E-state index in [1.807, 2.05) is 33.8 Å². The van der Waals surface area contributed by atoms with Gasteiger partial charge in [-0.05, 0) is 50.1 Å². The minimum absolute atomic E-state index is 0.0740. The predicted octanol–water partition coefficient (Wildman–Crippen LogP) is 2.91. The van der Waals surface area contributed by atoms with Gasteiger partial charge in [-0.1, -0.05) is 13.3 Å². The fraction of sp³-hybridized carbons (Fsp3) is 0.474. The van der Waals surface area contributed by atoms with Gasteiger partial charge in [-0.3, -0.25) is 4.79 Å². The van der Waals surface area contributed by atoms with Gasteiger partial charge in [-0.15, -0.1) is 0 Å². The first-order valence-electron chi connectivity index (χ1n) is 8.64. The summed E-state index contributed by atoms with van der Waals surface area (Å²) >= 11 is 0. The number of amides is 1. The molecule has 5 heteroatoms. The van der Waals surface area contributed by atoms with Crippen molar-refractivity contribution in [3.05, 3.63) is 46.8 Å². The molecule has 1 aliphatic heterocycles. The summed E-state index contributed by atoms with van der Waals surface area (Å²) < 4.78 is 7.28. The highest BCUT2D eigenvalue weighted by Crippen LogP contribution is 2.20. The van der Waals surface area contributed by atoms with Gasteiger partial charge in [0, 0.05) is 24.3 Å². The Labute approximate surface area is 143 Å². The largest absolute Gasteiger partial charge is 0.378 e. The molecule has 0 atom stereocenters. The van der Waals surface area contributed by atoms with E-state index in [0.717, 1.165) is 29.8 Å². The van der Waals surface area contributed by atoms with Crippen LogP contribution in [-0.4, -0.2) is 46.9 Å². The van der Waals surface area contributed by atoms with Gasteiger partial charge in [0.25, 0.3) is 5.91 Å². The first kappa shape index (κ1) is 16.7. The van der Waals surface area contributed by atoms with Crippen LogP contribution in [0, 0.1) is 13.8 Å². The lowest BCUT2D eigenvalue weighted by Crippen LogP contribution is -2.40. The van der Waals surface area contributed by atoms with Crippen LogP contribution in [-0.2, 0) is 11.2 Å². The molecular weight excluding hydrogens is 302 g/mol. The Morgan fingerprint density at radius 3 is 2.46 bits per heavy atom. The molecule has 1 saturated heterocycles. The van der Waals surface area contributed by atoms with Gasteiger partial charge in [0.2, 0.25) is 0 Å².